The molecule has 0 atom stereocenters. The zero-order valence-corrected chi connectivity index (χ0v) is 22.6. The van der Waals surface area contributed by atoms with Gasteiger partial charge in [0.15, 0.2) is 5.82 Å². The maximum Gasteiger partial charge on any atom is 0.162 e. The number of benzene rings is 5. The number of para-hydroxylation sites is 4. The van der Waals surface area contributed by atoms with Crippen LogP contribution in [0.2, 0.25) is 0 Å². The third kappa shape index (κ3) is 3.69. The molecule has 0 amide bonds. The lowest BCUT2D eigenvalue weighted by atomic mass is 10.1. The van der Waals surface area contributed by atoms with Gasteiger partial charge in [-0.1, -0.05) is 103 Å². The van der Waals surface area contributed by atoms with Crippen LogP contribution in [0, 0.1) is 0 Å². The molecule has 5 nitrogen and oxygen atoms in total. The molecule has 0 fully saturated rings. The van der Waals surface area contributed by atoms with Crippen LogP contribution in [0.1, 0.15) is 19.2 Å². The summed E-state index contributed by atoms with van der Waals surface area (Å²) in [7, 11) is 0. The molecule has 0 spiro atoms. The highest BCUT2D eigenvalue weighted by Gasteiger charge is 2.19. The average Bonchev–Trinajstić information content (AvgIpc) is 3.76. The first-order chi connectivity index (χ1) is 27.7. The van der Waals surface area contributed by atoms with Crippen molar-refractivity contribution in [2.45, 2.75) is 0 Å². The highest BCUT2D eigenvalue weighted by atomic mass is 15.1. The van der Waals surface area contributed by atoms with E-state index in [1.165, 1.54) is 0 Å². The topological polar surface area (TPSA) is 48.5 Å². The summed E-state index contributed by atoms with van der Waals surface area (Å²) < 4.78 is 126. The van der Waals surface area contributed by atoms with Gasteiger partial charge in [0.05, 0.1) is 52.6 Å². The van der Waals surface area contributed by atoms with Crippen LogP contribution in [0.3, 0.4) is 0 Å². The molecule has 0 saturated carbocycles. The molecule has 0 bridgehead atoms. The molecular weight excluding hydrogens is 538 g/mol. The molecule has 0 N–H and O–H groups in total. The zero-order chi connectivity index (χ0) is 41.2. The molecule has 9 aromatic rings. The van der Waals surface area contributed by atoms with Crippen LogP contribution in [0.5, 0.6) is 0 Å². The van der Waals surface area contributed by atoms with Gasteiger partial charge < -0.3 is 4.57 Å². The Morgan fingerprint density at radius 3 is 2.05 bits per heavy atom. The summed E-state index contributed by atoms with van der Waals surface area (Å²) in [5.74, 6) is -0.890. The predicted octanol–water partition coefficient (Wildman–Crippen LogP) is 9.40. The van der Waals surface area contributed by atoms with Crippen molar-refractivity contribution in [1.82, 2.24) is 24.1 Å². The fraction of sp³-hybridized carbons (Fsp3) is 0. The van der Waals surface area contributed by atoms with Gasteiger partial charge in [-0.2, -0.15) is 0 Å². The summed E-state index contributed by atoms with van der Waals surface area (Å²) in [6.45, 7) is 0. The van der Waals surface area contributed by atoms with E-state index in [2.05, 4.69) is 9.97 Å². The van der Waals surface area contributed by atoms with E-state index < -0.39 is 102 Å². The second kappa shape index (κ2) is 9.75. The number of fused-ring (bicyclic) bond motifs is 6. The molecule has 0 aliphatic heterocycles. The normalized spacial score (nSPS) is 16.1. The molecule has 0 aliphatic carbocycles. The Labute approximate surface area is 273 Å². The van der Waals surface area contributed by atoms with Crippen LogP contribution in [0.15, 0.2) is 152 Å². The van der Waals surface area contributed by atoms with E-state index >= 15 is 0 Å². The van der Waals surface area contributed by atoms with E-state index in [1.807, 2.05) is 34.9 Å². The maximum atomic E-state index is 9.84. The Hall–Kier alpha value is -6.07. The van der Waals surface area contributed by atoms with Gasteiger partial charge in [-0.3, -0.25) is 9.55 Å². The van der Waals surface area contributed by atoms with Gasteiger partial charge in [-0.25, -0.2) is 9.97 Å². The van der Waals surface area contributed by atoms with Gasteiger partial charge in [0.1, 0.15) is 5.82 Å². The van der Waals surface area contributed by atoms with E-state index in [0.717, 1.165) is 26.4 Å². The molecular formula is C39H25N5. The molecule has 0 unspecified atom stereocenters. The molecule has 0 radical (unpaired) electrons. The first-order valence-electron chi connectivity index (χ1n) is 20.6. The Balaban J connectivity index is 1.51. The minimum absolute atomic E-state index is 0.126. The average molecular weight is 578 g/mol. The van der Waals surface area contributed by atoms with Crippen LogP contribution in [-0.2, 0) is 0 Å². The first-order valence-corrected chi connectivity index (χ1v) is 13.6. The van der Waals surface area contributed by atoms with E-state index in [1.54, 1.807) is 36.7 Å². The summed E-state index contributed by atoms with van der Waals surface area (Å²) in [5, 5.41) is 1.20. The molecule has 4 aromatic heterocycles. The third-order valence-electron chi connectivity index (χ3n) is 7.50. The number of pyridine rings is 1. The molecule has 4 heterocycles. The van der Waals surface area contributed by atoms with Gasteiger partial charge >= 0.3 is 0 Å². The lowest BCUT2D eigenvalue weighted by molar-refractivity contribution is 1.04. The molecule has 0 aliphatic rings. The molecule has 5 aromatic carbocycles. The van der Waals surface area contributed by atoms with Gasteiger partial charge in [-0.15, -0.1) is 0 Å². The second-order valence-electron chi connectivity index (χ2n) is 9.89. The molecule has 0 saturated heterocycles. The van der Waals surface area contributed by atoms with Crippen molar-refractivity contribution in [3.63, 3.8) is 0 Å². The number of rotatable bonds is 4. The standard InChI is InChI=1S/C39H25N5/c1-2-12-26(13-3-1)39-41-32(24-38(42-39)44-34-19-9-4-14-27(34)28-15-5-10-20-35(28)44)30-17-7-11-21-36(30)43-33-18-8-6-16-29(33)31-25-40-23-22-37(31)43/h1-25H/i1D,2D,3D,4D,5D,9D,10D,12D,13D,14D,15D,19D,20D,24D. The molecule has 44 heavy (non-hydrogen) atoms. The Morgan fingerprint density at radius 1 is 0.545 bits per heavy atom. The van der Waals surface area contributed by atoms with Crippen molar-refractivity contribution in [3.8, 4) is 34.2 Å². The first kappa shape index (κ1) is 14.4. The van der Waals surface area contributed by atoms with Crippen molar-refractivity contribution < 1.29 is 19.2 Å². The monoisotopic (exact) mass is 577 g/mol. The Morgan fingerprint density at radius 2 is 1.23 bits per heavy atom. The van der Waals surface area contributed by atoms with Crippen molar-refractivity contribution in [2.24, 2.45) is 0 Å². The smallest absolute Gasteiger partial charge is 0.162 e. The number of aromatic nitrogens is 5. The van der Waals surface area contributed by atoms with Crippen molar-refractivity contribution in [2.75, 3.05) is 0 Å². The summed E-state index contributed by atoms with van der Waals surface area (Å²) in [5.41, 5.74) is 1.16. The summed E-state index contributed by atoms with van der Waals surface area (Å²) in [6, 6.07) is 7.44. The largest absolute Gasteiger partial charge is 0.308 e. The van der Waals surface area contributed by atoms with Crippen molar-refractivity contribution in [3.05, 3.63) is 152 Å². The lowest BCUT2D eigenvalue weighted by Gasteiger charge is -2.16. The summed E-state index contributed by atoms with van der Waals surface area (Å²) in [4.78, 5) is 13.7. The lowest BCUT2D eigenvalue weighted by Crippen LogP contribution is -2.04. The second-order valence-corrected chi connectivity index (χ2v) is 9.89. The quantitative estimate of drug-likeness (QED) is 0.209. The number of nitrogens with zero attached hydrogens (tertiary/aromatic N) is 5. The number of hydrogen-bond acceptors (Lipinski definition) is 3. The van der Waals surface area contributed by atoms with Gasteiger partial charge in [-0.05, 0) is 30.3 Å². The third-order valence-corrected chi connectivity index (χ3v) is 7.50. The van der Waals surface area contributed by atoms with Crippen molar-refractivity contribution in [1.29, 1.82) is 0 Å². The Kier molecular flexibility index (Phi) is 3.19. The van der Waals surface area contributed by atoms with Gasteiger partial charge in [0.2, 0.25) is 0 Å². The predicted molar refractivity (Wildman–Crippen MR) is 179 cm³/mol. The minimum Gasteiger partial charge on any atom is -0.308 e. The minimum atomic E-state index is -0.685. The fourth-order valence-corrected chi connectivity index (χ4v) is 5.68. The van der Waals surface area contributed by atoms with E-state index in [-0.39, 0.29) is 27.5 Å². The van der Waals surface area contributed by atoms with Gasteiger partial charge in [0, 0.05) is 51.1 Å². The van der Waals surface area contributed by atoms with Crippen LogP contribution in [-0.4, -0.2) is 24.1 Å². The van der Waals surface area contributed by atoms with Crippen LogP contribution >= 0.6 is 0 Å². The van der Waals surface area contributed by atoms with E-state index in [0.29, 0.717) is 11.3 Å². The van der Waals surface area contributed by atoms with Crippen LogP contribution in [0.25, 0.3) is 77.8 Å². The fourth-order valence-electron chi connectivity index (χ4n) is 5.68. The van der Waals surface area contributed by atoms with Crippen LogP contribution in [0.4, 0.5) is 0 Å². The highest BCUT2D eigenvalue weighted by molar-refractivity contribution is 6.10. The Bertz CT molecular complexity index is 3140. The number of hydrogen-bond donors (Lipinski definition) is 0. The molecule has 9 rings (SSSR count). The zero-order valence-electron chi connectivity index (χ0n) is 36.6. The summed E-state index contributed by atoms with van der Waals surface area (Å²) in [6.07, 6.45) is 3.37. The highest BCUT2D eigenvalue weighted by Crippen LogP contribution is 2.37. The molecule has 5 heteroatoms. The SMILES string of the molecule is [2H]c1c(-c2ccccc2-n2c3ccccc3c3cnccc32)nc(-c2c([2H])c([2H])c([2H])c([2H])c2[2H])nc1-n1c2c([2H])c([2H])c([2H])c([2H])c2c2c([2H])c([2H])c([2H])c([2H])c21. The summed E-state index contributed by atoms with van der Waals surface area (Å²) >= 11 is 0. The van der Waals surface area contributed by atoms with Gasteiger partial charge in [0.25, 0.3) is 0 Å². The van der Waals surface area contributed by atoms with Crippen molar-refractivity contribution >= 4 is 43.6 Å². The molecule has 206 valence electrons. The van der Waals surface area contributed by atoms with E-state index in [9.17, 15) is 1.37 Å². The maximum absolute atomic E-state index is 9.84. The van der Waals surface area contributed by atoms with Crippen LogP contribution < -0.4 is 0 Å². The van der Waals surface area contributed by atoms with E-state index in [4.69, 9.17) is 22.8 Å².